The third-order valence-corrected chi connectivity index (χ3v) is 2.39. The number of amides is 1. The van der Waals surface area contributed by atoms with E-state index in [0.717, 1.165) is 0 Å². The van der Waals surface area contributed by atoms with Gasteiger partial charge in [0.25, 0.3) is 5.91 Å². The monoisotopic (exact) mass is 264 g/mol. The topological polar surface area (TPSA) is 125 Å². The van der Waals surface area contributed by atoms with E-state index in [0.29, 0.717) is 11.2 Å². The number of aromatic nitrogens is 7. The second-order valence-electron chi connectivity index (χ2n) is 3.25. The molecule has 0 spiro atoms. The highest BCUT2D eigenvalue weighted by Crippen LogP contribution is 2.18. The van der Waals surface area contributed by atoms with E-state index in [1.807, 2.05) is 0 Å². The molecule has 0 saturated carbocycles. The molecule has 0 radical (unpaired) electrons. The number of imidazole rings is 1. The number of anilines is 1. The van der Waals surface area contributed by atoms with Gasteiger partial charge in [-0.2, -0.15) is 25.4 Å². The van der Waals surface area contributed by atoms with Crippen molar-refractivity contribution in [1.29, 1.82) is 0 Å². The molecule has 0 fully saturated rings. The van der Waals surface area contributed by atoms with Gasteiger partial charge in [-0.05, 0) is 0 Å². The predicted octanol–water partition coefficient (Wildman–Crippen LogP) is 0.377. The summed E-state index contributed by atoms with van der Waals surface area (Å²) in [6.45, 7) is 0. The lowest BCUT2D eigenvalue weighted by Gasteiger charge is -2.01. The van der Waals surface area contributed by atoms with Crippen molar-refractivity contribution in [2.45, 2.75) is 0 Å². The minimum atomic E-state index is -0.491. The quantitative estimate of drug-likeness (QED) is 0.575. The Balaban J connectivity index is 1.93. The number of hydrogen-bond donors (Lipinski definition) is 3. The smallest absolute Gasteiger partial charge is 0.280 e. The van der Waals surface area contributed by atoms with Crippen LogP contribution >= 0.6 is 11.6 Å². The molecule has 0 aliphatic rings. The van der Waals surface area contributed by atoms with Gasteiger partial charge in [0.2, 0.25) is 5.95 Å². The highest BCUT2D eigenvalue weighted by atomic mass is 35.5. The second kappa shape index (κ2) is 4.04. The zero-order valence-electron chi connectivity index (χ0n) is 8.68. The molecule has 0 aliphatic heterocycles. The van der Waals surface area contributed by atoms with E-state index < -0.39 is 5.91 Å². The summed E-state index contributed by atoms with van der Waals surface area (Å²) in [5, 5.41) is 12.1. The summed E-state index contributed by atoms with van der Waals surface area (Å²) in [5.74, 6) is -0.442. The van der Waals surface area contributed by atoms with Gasteiger partial charge < -0.3 is 4.98 Å². The standard InChI is InChI=1S/C8H5ClN8O/c9-5-4-6(11-2-10-4)14-8(13-5)15-7(18)3-1-12-17-16-3/h1-2H,(H,12,16,17)(H2,10,11,13,14,15,18). The molecule has 0 bridgehead atoms. The molecule has 3 aromatic rings. The molecule has 10 heteroatoms. The molecule has 90 valence electrons. The third kappa shape index (κ3) is 1.76. The molecule has 0 unspecified atom stereocenters. The third-order valence-electron chi connectivity index (χ3n) is 2.11. The van der Waals surface area contributed by atoms with Crippen molar-refractivity contribution in [1.82, 2.24) is 35.3 Å². The summed E-state index contributed by atoms with van der Waals surface area (Å²) in [6.07, 6.45) is 2.72. The zero-order valence-corrected chi connectivity index (χ0v) is 9.43. The molecule has 3 heterocycles. The fourth-order valence-electron chi connectivity index (χ4n) is 1.33. The van der Waals surface area contributed by atoms with Gasteiger partial charge in [0.15, 0.2) is 16.5 Å². The molecule has 0 saturated heterocycles. The Morgan fingerprint density at radius 1 is 1.39 bits per heavy atom. The van der Waals surface area contributed by atoms with Gasteiger partial charge in [0.05, 0.1) is 12.5 Å². The van der Waals surface area contributed by atoms with E-state index in [1.54, 1.807) is 0 Å². The van der Waals surface area contributed by atoms with Crippen molar-refractivity contribution in [2.24, 2.45) is 0 Å². The predicted molar refractivity (Wildman–Crippen MR) is 61.0 cm³/mol. The number of nitrogens with zero attached hydrogens (tertiary/aromatic N) is 5. The number of fused-ring (bicyclic) bond motifs is 1. The van der Waals surface area contributed by atoms with Gasteiger partial charge in [-0.1, -0.05) is 11.6 Å². The van der Waals surface area contributed by atoms with Crippen molar-refractivity contribution >= 4 is 34.6 Å². The average molecular weight is 265 g/mol. The Bertz CT molecular complexity index is 705. The lowest BCUT2D eigenvalue weighted by atomic mass is 10.4. The number of carbonyl (C=O) groups is 1. The molecule has 0 aromatic carbocycles. The van der Waals surface area contributed by atoms with Crippen LogP contribution in [0.3, 0.4) is 0 Å². The molecule has 0 aliphatic carbocycles. The van der Waals surface area contributed by atoms with E-state index in [2.05, 4.69) is 40.7 Å². The minimum absolute atomic E-state index is 0.0487. The summed E-state index contributed by atoms with van der Waals surface area (Å²) in [4.78, 5) is 26.3. The first-order valence-electron chi connectivity index (χ1n) is 4.78. The summed E-state index contributed by atoms with van der Waals surface area (Å²) in [5.41, 5.74) is 0.999. The molecule has 1 amide bonds. The number of carbonyl (C=O) groups excluding carboxylic acids is 1. The lowest BCUT2D eigenvalue weighted by molar-refractivity contribution is 0.102. The van der Waals surface area contributed by atoms with Crippen LogP contribution in [0.4, 0.5) is 5.95 Å². The van der Waals surface area contributed by atoms with Crippen LogP contribution in [0.1, 0.15) is 10.5 Å². The van der Waals surface area contributed by atoms with Gasteiger partial charge in [-0.25, -0.2) is 4.98 Å². The van der Waals surface area contributed by atoms with Crippen LogP contribution < -0.4 is 5.32 Å². The lowest BCUT2D eigenvalue weighted by Crippen LogP contribution is -2.14. The van der Waals surface area contributed by atoms with E-state index in [1.165, 1.54) is 12.5 Å². The summed E-state index contributed by atoms with van der Waals surface area (Å²) in [6, 6.07) is 0. The van der Waals surface area contributed by atoms with Gasteiger partial charge in [0.1, 0.15) is 5.52 Å². The maximum Gasteiger partial charge on any atom is 0.280 e. The summed E-state index contributed by atoms with van der Waals surface area (Å²) >= 11 is 5.90. The summed E-state index contributed by atoms with van der Waals surface area (Å²) < 4.78 is 0. The Labute approximate surface area is 104 Å². The molecule has 3 aromatic heterocycles. The van der Waals surface area contributed by atoms with Crippen LogP contribution in [-0.2, 0) is 0 Å². The second-order valence-corrected chi connectivity index (χ2v) is 3.61. The zero-order chi connectivity index (χ0) is 12.5. The maximum atomic E-state index is 11.7. The van der Waals surface area contributed by atoms with Crippen LogP contribution in [0, 0.1) is 0 Å². The van der Waals surface area contributed by atoms with Crippen molar-refractivity contribution in [3.8, 4) is 0 Å². The van der Waals surface area contributed by atoms with Gasteiger partial charge in [0, 0.05) is 0 Å². The Hall–Kier alpha value is -2.55. The molecule has 9 nitrogen and oxygen atoms in total. The first kappa shape index (κ1) is 10.6. The SMILES string of the molecule is O=C(Nc1nc(Cl)c2[nH]cnc2n1)c1cn[nH]n1. The Kier molecular flexibility index (Phi) is 2.38. The highest BCUT2D eigenvalue weighted by molar-refractivity contribution is 6.33. The number of H-pyrrole nitrogens is 2. The van der Waals surface area contributed by atoms with Crippen LogP contribution in [0.15, 0.2) is 12.5 Å². The fraction of sp³-hybridized carbons (Fsp3) is 0. The summed E-state index contributed by atoms with van der Waals surface area (Å²) in [7, 11) is 0. The normalized spacial score (nSPS) is 10.7. The van der Waals surface area contributed by atoms with Crippen molar-refractivity contribution in [3.63, 3.8) is 0 Å². The molecule has 0 atom stereocenters. The van der Waals surface area contributed by atoms with Crippen LogP contribution in [0.5, 0.6) is 0 Å². The van der Waals surface area contributed by atoms with Gasteiger partial charge in [-0.3, -0.25) is 10.1 Å². The fourth-order valence-corrected chi connectivity index (χ4v) is 1.55. The van der Waals surface area contributed by atoms with Crippen LogP contribution in [0.2, 0.25) is 5.15 Å². The van der Waals surface area contributed by atoms with E-state index in [4.69, 9.17) is 11.6 Å². The van der Waals surface area contributed by atoms with Crippen molar-refractivity contribution < 1.29 is 4.79 Å². The first-order chi connectivity index (χ1) is 8.74. The van der Waals surface area contributed by atoms with Crippen LogP contribution in [-0.4, -0.2) is 41.3 Å². The number of nitrogens with one attached hydrogen (secondary N) is 3. The van der Waals surface area contributed by atoms with Gasteiger partial charge >= 0.3 is 0 Å². The molecule has 3 N–H and O–H groups in total. The Morgan fingerprint density at radius 2 is 2.28 bits per heavy atom. The molecular weight excluding hydrogens is 260 g/mol. The number of aromatic amines is 2. The molecule has 18 heavy (non-hydrogen) atoms. The number of rotatable bonds is 2. The minimum Gasteiger partial charge on any atom is -0.341 e. The van der Waals surface area contributed by atoms with Crippen molar-refractivity contribution in [3.05, 3.63) is 23.4 Å². The molecular formula is C8H5ClN8O. The average Bonchev–Trinajstić information content (AvgIpc) is 2.99. The van der Waals surface area contributed by atoms with E-state index in [-0.39, 0.29) is 16.8 Å². The maximum absolute atomic E-state index is 11.7. The largest absolute Gasteiger partial charge is 0.341 e. The molecule has 3 rings (SSSR count). The first-order valence-corrected chi connectivity index (χ1v) is 5.15. The van der Waals surface area contributed by atoms with Gasteiger partial charge in [-0.15, -0.1) is 0 Å². The number of hydrogen-bond acceptors (Lipinski definition) is 6. The van der Waals surface area contributed by atoms with Crippen molar-refractivity contribution in [2.75, 3.05) is 5.32 Å². The van der Waals surface area contributed by atoms with E-state index >= 15 is 0 Å². The Morgan fingerprint density at radius 3 is 3.06 bits per heavy atom. The number of halogens is 1. The highest BCUT2D eigenvalue weighted by Gasteiger charge is 2.13. The van der Waals surface area contributed by atoms with E-state index in [9.17, 15) is 4.79 Å². The van der Waals surface area contributed by atoms with Crippen LogP contribution in [0.25, 0.3) is 11.2 Å².